The molecule has 1 aromatic rings. The van der Waals surface area contributed by atoms with Crippen molar-refractivity contribution in [3.8, 4) is 0 Å². The summed E-state index contributed by atoms with van der Waals surface area (Å²) in [5.41, 5.74) is 7.33. The molecule has 0 aromatic heterocycles. The molecular formula is C11H11NOS. The first-order valence-electron chi connectivity index (χ1n) is 4.24. The highest BCUT2D eigenvalue weighted by atomic mass is 32.1. The molecule has 72 valence electrons. The van der Waals surface area contributed by atoms with E-state index in [-0.39, 0.29) is 0 Å². The average Bonchev–Trinajstić information content (AvgIpc) is 2.19. The lowest BCUT2D eigenvalue weighted by atomic mass is 10.1. The first-order valence-corrected chi connectivity index (χ1v) is 4.65. The highest BCUT2D eigenvalue weighted by Gasteiger charge is 1.99. The van der Waals surface area contributed by atoms with E-state index in [0.29, 0.717) is 11.4 Å². The Morgan fingerprint density at radius 2 is 2.14 bits per heavy atom. The number of hydrogen-bond acceptors (Lipinski definition) is 2. The van der Waals surface area contributed by atoms with E-state index in [9.17, 15) is 4.79 Å². The number of thiocarbonyl (C=S) groups is 1. The Balaban J connectivity index is 2.95. The molecule has 0 atom stereocenters. The van der Waals surface area contributed by atoms with Crippen LogP contribution < -0.4 is 5.73 Å². The maximum Gasteiger partial charge on any atom is 0.123 e. The quantitative estimate of drug-likeness (QED) is 0.603. The Hall–Kier alpha value is -1.48. The van der Waals surface area contributed by atoms with Crippen molar-refractivity contribution in [1.29, 1.82) is 0 Å². The van der Waals surface area contributed by atoms with Crippen LogP contribution in [0.1, 0.15) is 17.5 Å². The van der Waals surface area contributed by atoms with Crippen LogP contribution in [0.5, 0.6) is 0 Å². The molecule has 2 nitrogen and oxygen atoms in total. The van der Waals surface area contributed by atoms with Gasteiger partial charge in [0, 0.05) is 12.0 Å². The monoisotopic (exact) mass is 205 g/mol. The van der Waals surface area contributed by atoms with Gasteiger partial charge in [0.25, 0.3) is 0 Å². The number of carbonyl (C=O) groups is 1. The van der Waals surface area contributed by atoms with E-state index in [0.717, 1.165) is 17.4 Å². The van der Waals surface area contributed by atoms with E-state index >= 15 is 0 Å². The second kappa shape index (κ2) is 5.29. The molecular weight excluding hydrogens is 194 g/mol. The van der Waals surface area contributed by atoms with Gasteiger partial charge in [-0.1, -0.05) is 48.6 Å². The Morgan fingerprint density at radius 3 is 2.79 bits per heavy atom. The predicted octanol–water partition coefficient (Wildman–Crippen LogP) is 1.92. The summed E-state index contributed by atoms with van der Waals surface area (Å²) in [6.07, 6.45) is 4.89. The number of allylic oxidation sites excluding steroid dienone is 1. The highest BCUT2D eigenvalue weighted by Crippen LogP contribution is 2.10. The summed E-state index contributed by atoms with van der Waals surface area (Å²) in [6.45, 7) is 0. The van der Waals surface area contributed by atoms with Crippen molar-refractivity contribution in [2.45, 2.75) is 6.42 Å². The van der Waals surface area contributed by atoms with Gasteiger partial charge in [-0.15, -0.1) is 0 Å². The molecule has 1 aromatic carbocycles. The maximum absolute atomic E-state index is 10.1. The van der Waals surface area contributed by atoms with Crippen LogP contribution >= 0.6 is 12.2 Å². The zero-order valence-electron chi connectivity index (χ0n) is 7.64. The SMILES string of the molecule is NC(=S)c1ccccc1C=CCC=O. The molecule has 2 N–H and O–H groups in total. The Bertz CT molecular complexity index is 371. The van der Waals surface area contributed by atoms with Crippen LogP contribution in [-0.4, -0.2) is 11.3 Å². The molecule has 0 bridgehead atoms. The number of rotatable bonds is 4. The lowest BCUT2D eigenvalue weighted by Crippen LogP contribution is -2.10. The van der Waals surface area contributed by atoms with Crippen molar-refractivity contribution < 1.29 is 4.79 Å². The number of nitrogens with two attached hydrogens (primary N) is 1. The van der Waals surface area contributed by atoms with Crippen LogP contribution in [0.2, 0.25) is 0 Å². The molecule has 14 heavy (non-hydrogen) atoms. The molecule has 0 radical (unpaired) electrons. The number of aldehydes is 1. The van der Waals surface area contributed by atoms with Gasteiger partial charge < -0.3 is 10.5 Å². The molecule has 0 heterocycles. The van der Waals surface area contributed by atoms with E-state index < -0.39 is 0 Å². The zero-order valence-corrected chi connectivity index (χ0v) is 8.46. The Kier molecular flexibility index (Phi) is 4.01. The first kappa shape index (κ1) is 10.6. The lowest BCUT2D eigenvalue weighted by Gasteiger charge is -2.02. The second-order valence-electron chi connectivity index (χ2n) is 2.76. The van der Waals surface area contributed by atoms with Crippen LogP contribution in [0, 0.1) is 0 Å². The van der Waals surface area contributed by atoms with Gasteiger partial charge in [0.1, 0.15) is 11.3 Å². The topological polar surface area (TPSA) is 43.1 Å². The number of benzene rings is 1. The van der Waals surface area contributed by atoms with Gasteiger partial charge in [0.2, 0.25) is 0 Å². The van der Waals surface area contributed by atoms with Gasteiger partial charge in [-0.3, -0.25) is 0 Å². The molecule has 0 aliphatic rings. The fourth-order valence-electron chi connectivity index (χ4n) is 1.12. The summed E-state index contributed by atoms with van der Waals surface area (Å²) in [4.78, 5) is 10.5. The molecule has 0 aliphatic carbocycles. The summed E-state index contributed by atoms with van der Waals surface area (Å²) in [5, 5.41) is 0. The molecule has 0 aliphatic heterocycles. The molecule has 3 heteroatoms. The first-order chi connectivity index (χ1) is 6.75. The summed E-state index contributed by atoms with van der Waals surface area (Å²) in [6, 6.07) is 7.56. The Labute approximate surface area is 88.4 Å². The van der Waals surface area contributed by atoms with Crippen molar-refractivity contribution >= 4 is 29.6 Å². The molecule has 0 saturated heterocycles. The minimum absolute atomic E-state index is 0.372. The molecule has 0 amide bonds. The van der Waals surface area contributed by atoms with Gasteiger partial charge in [0.15, 0.2) is 0 Å². The molecule has 1 rings (SSSR count). The summed E-state index contributed by atoms with van der Waals surface area (Å²) in [7, 11) is 0. The third kappa shape index (κ3) is 2.78. The van der Waals surface area contributed by atoms with E-state index in [4.69, 9.17) is 18.0 Å². The second-order valence-corrected chi connectivity index (χ2v) is 3.20. The van der Waals surface area contributed by atoms with Gasteiger partial charge >= 0.3 is 0 Å². The van der Waals surface area contributed by atoms with Gasteiger partial charge in [-0.05, 0) is 5.56 Å². The molecule has 0 fully saturated rings. The zero-order chi connectivity index (χ0) is 10.4. The van der Waals surface area contributed by atoms with Gasteiger partial charge in [0.05, 0.1) is 0 Å². The van der Waals surface area contributed by atoms with Crippen LogP contribution in [-0.2, 0) is 4.79 Å². The van der Waals surface area contributed by atoms with Gasteiger partial charge in [-0.2, -0.15) is 0 Å². The molecule has 0 unspecified atom stereocenters. The van der Waals surface area contributed by atoms with E-state index in [1.54, 1.807) is 6.08 Å². The van der Waals surface area contributed by atoms with Crippen LogP contribution in [0.4, 0.5) is 0 Å². The third-order valence-electron chi connectivity index (χ3n) is 1.76. The fourth-order valence-corrected chi connectivity index (χ4v) is 1.30. The number of hydrogen-bond donors (Lipinski definition) is 1. The van der Waals surface area contributed by atoms with E-state index in [1.165, 1.54) is 0 Å². The number of carbonyl (C=O) groups excluding carboxylic acids is 1. The van der Waals surface area contributed by atoms with Crippen molar-refractivity contribution in [2.75, 3.05) is 0 Å². The van der Waals surface area contributed by atoms with Crippen LogP contribution in [0.25, 0.3) is 6.08 Å². The third-order valence-corrected chi connectivity index (χ3v) is 1.98. The lowest BCUT2D eigenvalue weighted by molar-refractivity contribution is -0.107. The minimum Gasteiger partial charge on any atom is -0.389 e. The van der Waals surface area contributed by atoms with Gasteiger partial charge in [-0.25, -0.2) is 0 Å². The molecule has 0 saturated carbocycles. The summed E-state index contributed by atoms with van der Waals surface area (Å²) < 4.78 is 0. The van der Waals surface area contributed by atoms with Crippen molar-refractivity contribution in [3.63, 3.8) is 0 Å². The van der Waals surface area contributed by atoms with Crippen molar-refractivity contribution in [3.05, 3.63) is 41.5 Å². The van der Waals surface area contributed by atoms with E-state index in [1.807, 2.05) is 30.3 Å². The van der Waals surface area contributed by atoms with Crippen LogP contribution in [0.15, 0.2) is 30.3 Å². The van der Waals surface area contributed by atoms with Crippen molar-refractivity contribution in [1.82, 2.24) is 0 Å². The van der Waals surface area contributed by atoms with Crippen LogP contribution in [0.3, 0.4) is 0 Å². The predicted molar refractivity (Wildman–Crippen MR) is 62.0 cm³/mol. The average molecular weight is 205 g/mol. The summed E-state index contributed by atoms with van der Waals surface area (Å²) in [5.74, 6) is 0. The van der Waals surface area contributed by atoms with E-state index in [2.05, 4.69) is 0 Å². The van der Waals surface area contributed by atoms with Crippen molar-refractivity contribution in [2.24, 2.45) is 5.73 Å². The fraction of sp³-hybridized carbons (Fsp3) is 0.0909. The largest absolute Gasteiger partial charge is 0.389 e. The normalized spacial score (nSPS) is 10.3. The smallest absolute Gasteiger partial charge is 0.123 e. The maximum atomic E-state index is 10.1. The Morgan fingerprint density at radius 1 is 1.43 bits per heavy atom. The highest BCUT2D eigenvalue weighted by molar-refractivity contribution is 7.80. The minimum atomic E-state index is 0.372. The summed E-state index contributed by atoms with van der Waals surface area (Å²) >= 11 is 4.90. The molecule has 0 spiro atoms. The standard InChI is InChI=1S/C11H11NOS/c12-11(14)10-7-2-1-5-9(10)6-3-4-8-13/h1-3,5-8H,4H2,(H2,12,14).